The number of aromatic nitrogens is 3. The minimum Gasteiger partial charge on any atom is -0.477 e. The van der Waals surface area contributed by atoms with E-state index >= 15 is 0 Å². The Morgan fingerprint density at radius 3 is 3.03 bits per heavy atom. The van der Waals surface area contributed by atoms with Crippen molar-refractivity contribution >= 4 is 16.9 Å². The van der Waals surface area contributed by atoms with Gasteiger partial charge >= 0.3 is 5.97 Å². The first-order valence-electron chi connectivity index (χ1n) is 9.60. The fraction of sp³-hybridized carbons (Fsp3) is 0.227. The first-order valence-corrected chi connectivity index (χ1v) is 9.60. The summed E-state index contributed by atoms with van der Waals surface area (Å²) in [5, 5.41) is 16.7. The average Bonchev–Trinajstić information content (AvgIpc) is 3.47. The molecule has 4 aromatic rings. The molecule has 1 aromatic carbocycles. The van der Waals surface area contributed by atoms with Crippen molar-refractivity contribution in [2.75, 3.05) is 13.1 Å². The molecule has 0 spiro atoms. The molecule has 3 aromatic heterocycles. The third kappa shape index (κ3) is 3.40. The largest absolute Gasteiger partial charge is 0.477 e. The summed E-state index contributed by atoms with van der Waals surface area (Å²) in [4.78, 5) is 18.0. The van der Waals surface area contributed by atoms with E-state index in [9.17, 15) is 9.90 Å². The molecule has 7 heteroatoms. The van der Waals surface area contributed by atoms with Crippen LogP contribution in [-0.2, 0) is 6.54 Å². The molecule has 0 radical (unpaired) electrons. The molecule has 0 bridgehead atoms. The topological polar surface area (TPSA) is 95.2 Å². The number of para-hydroxylation sites is 1. The molecule has 0 unspecified atom stereocenters. The molecule has 146 valence electrons. The van der Waals surface area contributed by atoms with Crippen LogP contribution in [0, 0.1) is 0 Å². The standard InChI is InChI=1S/C22H20N4O3/c27-22(28)21-17(11-24-25-21)13-26-8-6-16(12-26)14-5-7-23-18(9-14)20-10-15-3-1-2-4-19(15)29-20/h1-5,7,9-11,16H,6,8,12-13H2,(H,24,25)(H,27,28)/t16-/m0/s1. The number of hydrogen-bond donors (Lipinski definition) is 2. The zero-order chi connectivity index (χ0) is 19.8. The monoisotopic (exact) mass is 388 g/mol. The number of aromatic carboxylic acids is 1. The van der Waals surface area contributed by atoms with Crippen LogP contribution < -0.4 is 0 Å². The number of H-pyrrole nitrogens is 1. The van der Waals surface area contributed by atoms with Crippen molar-refractivity contribution in [2.45, 2.75) is 18.9 Å². The maximum atomic E-state index is 11.3. The minimum absolute atomic E-state index is 0.171. The van der Waals surface area contributed by atoms with E-state index in [1.54, 1.807) is 6.20 Å². The van der Waals surface area contributed by atoms with Crippen LogP contribution in [0.25, 0.3) is 22.4 Å². The molecular weight excluding hydrogens is 368 g/mol. The summed E-state index contributed by atoms with van der Waals surface area (Å²) < 4.78 is 5.96. The van der Waals surface area contributed by atoms with Crippen LogP contribution in [-0.4, -0.2) is 44.2 Å². The molecule has 0 aliphatic carbocycles. The number of rotatable bonds is 5. The second kappa shape index (κ2) is 7.18. The number of pyridine rings is 1. The van der Waals surface area contributed by atoms with Crippen molar-refractivity contribution in [3.63, 3.8) is 0 Å². The molecule has 5 rings (SSSR count). The Morgan fingerprint density at radius 1 is 1.28 bits per heavy atom. The number of likely N-dealkylation sites (tertiary alicyclic amines) is 1. The van der Waals surface area contributed by atoms with Crippen molar-refractivity contribution < 1.29 is 14.3 Å². The lowest BCUT2D eigenvalue weighted by Gasteiger charge is -2.16. The van der Waals surface area contributed by atoms with Crippen LogP contribution in [0.4, 0.5) is 0 Å². The van der Waals surface area contributed by atoms with Crippen molar-refractivity contribution in [3.8, 4) is 11.5 Å². The van der Waals surface area contributed by atoms with Crippen molar-refractivity contribution in [1.29, 1.82) is 0 Å². The third-order valence-corrected chi connectivity index (χ3v) is 5.53. The van der Waals surface area contributed by atoms with Gasteiger partial charge < -0.3 is 9.52 Å². The van der Waals surface area contributed by atoms with Gasteiger partial charge in [-0.1, -0.05) is 18.2 Å². The molecule has 7 nitrogen and oxygen atoms in total. The highest BCUT2D eigenvalue weighted by atomic mass is 16.4. The third-order valence-electron chi connectivity index (χ3n) is 5.53. The van der Waals surface area contributed by atoms with Gasteiger partial charge in [0.05, 0.1) is 6.20 Å². The highest BCUT2D eigenvalue weighted by Gasteiger charge is 2.26. The van der Waals surface area contributed by atoms with Gasteiger partial charge in [-0.05, 0) is 48.7 Å². The summed E-state index contributed by atoms with van der Waals surface area (Å²) in [6, 6.07) is 14.1. The van der Waals surface area contributed by atoms with E-state index in [1.807, 2.05) is 36.5 Å². The molecule has 1 saturated heterocycles. The van der Waals surface area contributed by atoms with Gasteiger partial charge in [0.15, 0.2) is 5.76 Å². The fourth-order valence-corrected chi connectivity index (χ4v) is 4.05. The number of carboxylic acid groups (broad SMARTS) is 1. The molecule has 1 aliphatic heterocycles. The highest BCUT2D eigenvalue weighted by molar-refractivity contribution is 5.86. The second-order valence-electron chi connectivity index (χ2n) is 7.42. The van der Waals surface area contributed by atoms with Gasteiger partial charge in [0.25, 0.3) is 0 Å². The quantitative estimate of drug-likeness (QED) is 0.538. The Kier molecular flexibility index (Phi) is 4.37. The van der Waals surface area contributed by atoms with Gasteiger partial charge in [-0.25, -0.2) is 4.79 Å². The SMILES string of the molecule is O=C(O)c1[nH]ncc1CN1CC[C@H](c2ccnc(-c3cc4ccccc4o3)c2)C1. The number of nitrogens with one attached hydrogen (secondary N) is 1. The average molecular weight is 388 g/mol. The maximum absolute atomic E-state index is 11.3. The van der Waals surface area contributed by atoms with Gasteiger partial charge in [0.2, 0.25) is 0 Å². The number of benzene rings is 1. The van der Waals surface area contributed by atoms with Crippen LogP contribution in [0.15, 0.2) is 59.3 Å². The smallest absolute Gasteiger partial charge is 0.354 e. The predicted octanol–water partition coefficient (Wildman–Crippen LogP) is 3.91. The van der Waals surface area contributed by atoms with Crippen LogP contribution >= 0.6 is 0 Å². The Bertz CT molecular complexity index is 1150. The number of carboxylic acids is 1. The second-order valence-corrected chi connectivity index (χ2v) is 7.42. The molecular formula is C22H20N4O3. The number of aromatic amines is 1. The number of nitrogens with zero attached hydrogens (tertiary/aromatic N) is 3. The lowest BCUT2D eigenvalue weighted by molar-refractivity contribution is 0.0688. The summed E-state index contributed by atoms with van der Waals surface area (Å²) in [5.74, 6) is 0.173. The summed E-state index contributed by atoms with van der Waals surface area (Å²) >= 11 is 0. The number of fused-ring (bicyclic) bond motifs is 1. The number of hydrogen-bond acceptors (Lipinski definition) is 5. The molecule has 1 atom stereocenters. The Hall–Kier alpha value is -3.45. The van der Waals surface area contributed by atoms with Crippen molar-refractivity contribution in [3.05, 3.63) is 71.7 Å². The van der Waals surface area contributed by atoms with Gasteiger partial charge in [-0.2, -0.15) is 5.10 Å². The van der Waals surface area contributed by atoms with E-state index in [-0.39, 0.29) is 5.69 Å². The first-order chi connectivity index (χ1) is 14.2. The summed E-state index contributed by atoms with van der Waals surface area (Å²) in [7, 11) is 0. The molecule has 29 heavy (non-hydrogen) atoms. The van der Waals surface area contributed by atoms with Gasteiger partial charge in [0.1, 0.15) is 17.0 Å². The maximum Gasteiger partial charge on any atom is 0.354 e. The van der Waals surface area contributed by atoms with Crippen molar-refractivity contribution in [2.24, 2.45) is 0 Å². The van der Waals surface area contributed by atoms with E-state index in [0.717, 1.165) is 47.5 Å². The van der Waals surface area contributed by atoms with E-state index in [4.69, 9.17) is 4.42 Å². The van der Waals surface area contributed by atoms with E-state index < -0.39 is 5.97 Å². The van der Waals surface area contributed by atoms with E-state index in [1.165, 1.54) is 5.56 Å². The normalized spacial score (nSPS) is 17.2. The Morgan fingerprint density at radius 2 is 2.17 bits per heavy atom. The zero-order valence-electron chi connectivity index (χ0n) is 15.7. The molecule has 0 amide bonds. The predicted molar refractivity (Wildman–Crippen MR) is 108 cm³/mol. The highest BCUT2D eigenvalue weighted by Crippen LogP contribution is 2.32. The van der Waals surface area contributed by atoms with Gasteiger partial charge in [-0.3, -0.25) is 15.0 Å². The van der Waals surface area contributed by atoms with Crippen LogP contribution in [0.3, 0.4) is 0 Å². The molecule has 4 heterocycles. The van der Waals surface area contributed by atoms with Crippen LogP contribution in [0.2, 0.25) is 0 Å². The van der Waals surface area contributed by atoms with Gasteiger partial charge in [0, 0.05) is 30.2 Å². The first kappa shape index (κ1) is 17.6. The fourth-order valence-electron chi connectivity index (χ4n) is 4.05. The summed E-state index contributed by atoms with van der Waals surface area (Å²) in [6.45, 7) is 2.36. The lowest BCUT2D eigenvalue weighted by Crippen LogP contribution is -2.21. The van der Waals surface area contributed by atoms with Crippen LogP contribution in [0.5, 0.6) is 0 Å². The summed E-state index contributed by atoms with van der Waals surface area (Å²) in [5.41, 5.74) is 3.81. The number of carbonyl (C=O) groups is 1. The molecule has 1 fully saturated rings. The number of furan rings is 1. The molecule has 1 aliphatic rings. The molecule has 2 N–H and O–H groups in total. The van der Waals surface area contributed by atoms with E-state index in [2.05, 4.69) is 32.2 Å². The van der Waals surface area contributed by atoms with Crippen molar-refractivity contribution in [1.82, 2.24) is 20.1 Å². The molecule has 0 saturated carbocycles. The summed E-state index contributed by atoms with van der Waals surface area (Å²) in [6.07, 6.45) is 4.45. The van der Waals surface area contributed by atoms with Crippen LogP contribution in [0.1, 0.15) is 34.0 Å². The minimum atomic E-state index is -0.974. The Balaban J connectivity index is 1.33. The lowest BCUT2D eigenvalue weighted by atomic mass is 9.98. The van der Waals surface area contributed by atoms with Gasteiger partial charge in [-0.15, -0.1) is 0 Å². The zero-order valence-corrected chi connectivity index (χ0v) is 15.7. The Labute approximate surface area is 167 Å². The van der Waals surface area contributed by atoms with E-state index in [0.29, 0.717) is 12.5 Å².